The first-order valence-electron chi connectivity index (χ1n) is 7.39. The zero-order valence-electron chi connectivity index (χ0n) is 13.5. The number of rotatable bonds is 5. The maximum Gasteiger partial charge on any atom is 0.183 e. The Labute approximate surface area is 131 Å². The van der Waals surface area contributed by atoms with Crippen molar-refractivity contribution in [3.05, 3.63) is 52.8 Å². The van der Waals surface area contributed by atoms with E-state index in [0.29, 0.717) is 11.6 Å². The third-order valence-electron chi connectivity index (χ3n) is 3.75. The number of Topliss-reactive ketones (excluding diaryl/α,β-unsaturated/α-hetero) is 1. The molecular weight excluding hydrogens is 274 g/mol. The number of benzene rings is 1. The van der Waals surface area contributed by atoms with Crippen LogP contribution in [0.2, 0.25) is 0 Å². The predicted molar refractivity (Wildman–Crippen MR) is 88.3 cm³/mol. The van der Waals surface area contributed by atoms with Gasteiger partial charge in [0.1, 0.15) is 0 Å². The molecular formula is C18H21N3O. The first-order chi connectivity index (χ1) is 10.4. The van der Waals surface area contributed by atoms with E-state index in [1.165, 1.54) is 0 Å². The molecule has 1 aromatic carbocycles. The van der Waals surface area contributed by atoms with Crippen LogP contribution in [0.15, 0.2) is 30.3 Å². The van der Waals surface area contributed by atoms with Gasteiger partial charge in [0, 0.05) is 28.7 Å². The smallest absolute Gasteiger partial charge is 0.183 e. The van der Waals surface area contributed by atoms with Crippen LogP contribution in [0.3, 0.4) is 0 Å². The Kier molecular flexibility index (Phi) is 4.67. The van der Waals surface area contributed by atoms with Crippen molar-refractivity contribution in [1.29, 1.82) is 5.26 Å². The quantitative estimate of drug-likeness (QED) is 0.852. The molecule has 4 heteroatoms. The largest absolute Gasteiger partial charge is 0.378 e. The molecule has 0 saturated carbocycles. The van der Waals surface area contributed by atoms with E-state index in [0.717, 1.165) is 22.6 Å². The lowest BCUT2D eigenvalue weighted by Gasteiger charge is -2.13. The van der Waals surface area contributed by atoms with E-state index in [-0.39, 0.29) is 12.3 Å². The highest BCUT2D eigenvalue weighted by Gasteiger charge is 2.16. The Morgan fingerprint density at radius 2 is 2.05 bits per heavy atom. The molecule has 0 spiro atoms. The molecule has 0 aliphatic heterocycles. The second-order valence-corrected chi connectivity index (χ2v) is 5.72. The fourth-order valence-electron chi connectivity index (χ4n) is 2.83. The minimum absolute atomic E-state index is 0.0577. The standard InChI is InChI=1S/C18H21N3O/c1-12(2)21-13(3)8-17(14(21)4)18(22)11-20-16-7-5-6-15(9-16)10-19/h5-9,12,20H,11H2,1-4H3. The molecule has 0 amide bonds. The van der Waals surface area contributed by atoms with Crippen LogP contribution in [0.4, 0.5) is 5.69 Å². The maximum atomic E-state index is 12.4. The number of nitrogens with zero attached hydrogens (tertiary/aromatic N) is 2. The number of nitrogens with one attached hydrogen (secondary N) is 1. The van der Waals surface area contributed by atoms with Crippen LogP contribution in [0, 0.1) is 25.2 Å². The summed E-state index contributed by atoms with van der Waals surface area (Å²) in [5, 5.41) is 12.0. The molecule has 0 saturated heterocycles. The molecule has 0 bridgehead atoms. The lowest BCUT2D eigenvalue weighted by molar-refractivity contribution is 0.101. The van der Waals surface area contributed by atoms with E-state index < -0.39 is 0 Å². The molecule has 2 aromatic rings. The van der Waals surface area contributed by atoms with Gasteiger partial charge >= 0.3 is 0 Å². The fraction of sp³-hybridized carbons (Fsp3) is 0.333. The Balaban J connectivity index is 2.13. The summed E-state index contributed by atoms with van der Waals surface area (Å²) in [6.07, 6.45) is 0. The van der Waals surface area contributed by atoms with Gasteiger partial charge in [-0.25, -0.2) is 0 Å². The van der Waals surface area contributed by atoms with Crippen LogP contribution >= 0.6 is 0 Å². The summed E-state index contributed by atoms with van der Waals surface area (Å²) in [6, 6.07) is 11.5. The molecule has 0 fully saturated rings. The monoisotopic (exact) mass is 295 g/mol. The van der Waals surface area contributed by atoms with Crippen molar-refractivity contribution < 1.29 is 4.79 Å². The Bertz CT molecular complexity index is 735. The lowest BCUT2D eigenvalue weighted by atomic mass is 10.1. The van der Waals surface area contributed by atoms with E-state index in [4.69, 9.17) is 5.26 Å². The van der Waals surface area contributed by atoms with E-state index in [9.17, 15) is 4.79 Å². The normalized spacial score (nSPS) is 10.5. The Hall–Kier alpha value is -2.54. The number of ketones is 1. The summed E-state index contributed by atoms with van der Waals surface area (Å²) in [5.41, 5.74) is 4.23. The Morgan fingerprint density at radius 1 is 1.32 bits per heavy atom. The summed E-state index contributed by atoms with van der Waals surface area (Å²) in [4.78, 5) is 12.4. The maximum absolute atomic E-state index is 12.4. The van der Waals surface area contributed by atoms with Crippen molar-refractivity contribution in [2.75, 3.05) is 11.9 Å². The van der Waals surface area contributed by atoms with Crippen molar-refractivity contribution in [3.8, 4) is 6.07 Å². The van der Waals surface area contributed by atoms with E-state index in [1.54, 1.807) is 18.2 Å². The van der Waals surface area contributed by atoms with Crippen molar-refractivity contribution in [2.45, 2.75) is 33.7 Å². The summed E-state index contributed by atoms with van der Waals surface area (Å²) in [7, 11) is 0. The van der Waals surface area contributed by atoms with Crippen molar-refractivity contribution in [1.82, 2.24) is 4.57 Å². The first kappa shape index (κ1) is 15.8. The van der Waals surface area contributed by atoms with Gasteiger partial charge in [-0.15, -0.1) is 0 Å². The second-order valence-electron chi connectivity index (χ2n) is 5.72. The molecule has 0 aliphatic carbocycles. The van der Waals surface area contributed by atoms with Gasteiger partial charge in [-0.1, -0.05) is 6.07 Å². The fourth-order valence-corrected chi connectivity index (χ4v) is 2.83. The highest BCUT2D eigenvalue weighted by molar-refractivity contribution is 6.00. The van der Waals surface area contributed by atoms with Gasteiger partial charge in [-0.05, 0) is 52.0 Å². The van der Waals surface area contributed by atoms with Crippen LogP contribution in [0.1, 0.15) is 47.2 Å². The number of aryl methyl sites for hydroxylation is 1. The highest BCUT2D eigenvalue weighted by Crippen LogP contribution is 2.20. The summed E-state index contributed by atoms with van der Waals surface area (Å²) in [6.45, 7) is 8.45. The Morgan fingerprint density at radius 3 is 2.64 bits per heavy atom. The van der Waals surface area contributed by atoms with Gasteiger partial charge in [0.25, 0.3) is 0 Å². The number of hydrogen-bond acceptors (Lipinski definition) is 3. The summed E-state index contributed by atoms with van der Waals surface area (Å²) >= 11 is 0. The number of carbonyl (C=O) groups excluding carboxylic acids is 1. The molecule has 4 nitrogen and oxygen atoms in total. The average Bonchev–Trinajstić information content (AvgIpc) is 2.80. The topological polar surface area (TPSA) is 57.8 Å². The molecule has 0 atom stereocenters. The minimum Gasteiger partial charge on any atom is -0.378 e. The minimum atomic E-state index is 0.0577. The highest BCUT2D eigenvalue weighted by atomic mass is 16.1. The van der Waals surface area contributed by atoms with Crippen LogP contribution in [0.25, 0.3) is 0 Å². The molecule has 2 rings (SSSR count). The zero-order chi connectivity index (χ0) is 16.3. The van der Waals surface area contributed by atoms with Gasteiger partial charge in [0.05, 0.1) is 18.2 Å². The molecule has 114 valence electrons. The predicted octanol–water partition coefficient (Wildman–Crippen LogP) is 3.85. The van der Waals surface area contributed by atoms with Crippen molar-refractivity contribution in [2.24, 2.45) is 0 Å². The SMILES string of the molecule is Cc1cc(C(=O)CNc2cccc(C#N)c2)c(C)n1C(C)C. The summed E-state index contributed by atoms with van der Waals surface area (Å²) in [5.74, 6) is 0.0577. The van der Waals surface area contributed by atoms with Crippen LogP contribution in [0.5, 0.6) is 0 Å². The van der Waals surface area contributed by atoms with E-state index >= 15 is 0 Å². The molecule has 1 aromatic heterocycles. The molecule has 0 aliphatic rings. The lowest BCUT2D eigenvalue weighted by Crippen LogP contribution is -2.15. The van der Waals surface area contributed by atoms with Gasteiger partial charge in [0.2, 0.25) is 0 Å². The molecule has 0 unspecified atom stereocenters. The van der Waals surface area contributed by atoms with Crippen LogP contribution < -0.4 is 5.32 Å². The van der Waals surface area contributed by atoms with Gasteiger partial charge in [-0.3, -0.25) is 4.79 Å². The van der Waals surface area contributed by atoms with Crippen LogP contribution in [-0.2, 0) is 0 Å². The number of hydrogen-bond donors (Lipinski definition) is 1. The van der Waals surface area contributed by atoms with E-state index in [2.05, 4.69) is 29.8 Å². The second kappa shape index (κ2) is 6.48. The number of carbonyl (C=O) groups is 1. The molecule has 1 N–H and O–H groups in total. The van der Waals surface area contributed by atoms with E-state index in [1.807, 2.05) is 26.0 Å². The third kappa shape index (κ3) is 3.20. The third-order valence-corrected chi connectivity index (χ3v) is 3.75. The number of anilines is 1. The molecule has 1 heterocycles. The number of aromatic nitrogens is 1. The number of nitriles is 1. The average molecular weight is 295 g/mol. The van der Waals surface area contributed by atoms with Crippen molar-refractivity contribution >= 4 is 11.5 Å². The summed E-state index contributed by atoms with van der Waals surface area (Å²) < 4.78 is 2.17. The van der Waals surface area contributed by atoms with Gasteiger partial charge < -0.3 is 9.88 Å². The van der Waals surface area contributed by atoms with Gasteiger partial charge in [-0.2, -0.15) is 5.26 Å². The molecule has 22 heavy (non-hydrogen) atoms. The first-order valence-corrected chi connectivity index (χ1v) is 7.39. The van der Waals surface area contributed by atoms with Crippen molar-refractivity contribution in [3.63, 3.8) is 0 Å². The van der Waals surface area contributed by atoms with Gasteiger partial charge in [0.15, 0.2) is 5.78 Å². The zero-order valence-corrected chi connectivity index (χ0v) is 13.5. The van der Waals surface area contributed by atoms with Crippen LogP contribution in [-0.4, -0.2) is 16.9 Å². The molecule has 0 radical (unpaired) electrons.